The normalized spacial score (nSPS) is 10.6. The van der Waals surface area contributed by atoms with Gasteiger partial charge in [0.15, 0.2) is 12.4 Å². The maximum absolute atomic E-state index is 12.2. The average molecular weight is 360 g/mol. The van der Waals surface area contributed by atoms with Crippen molar-refractivity contribution in [2.45, 2.75) is 0 Å². The summed E-state index contributed by atoms with van der Waals surface area (Å²) >= 11 is 3.42. The number of hydrogen-bond acceptors (Lipinski definition) is 3. The molecular weight excluding hydrogens is 346 g/mol. The van der Waals surface area contributed by atoms with Crippen molar-refractivity contribution in [1.29, 1.82) is 0 Å². The van der Waals surface area contributed by atoms with Crippen LogP contribution in [0.5, 0.6) is 5.75 Å². The van der Waals surface area contributed by atoms with Crippen LogP contribution in [-0.2, 0) is 4.79 Å². The third-order valence-electron chi connectivity index (χ3n) is 2.82. The van der Waals surface area contributed by atoms with Gasteiger partial charge in [0, 0.05) is 10.0 Å². The molecule has 0 unspecified atom stereocenters. The molecule has 2 aromatic rings. The van der Waals surface area contributed by atoms with Crippen molar-refractivity contribution >= 4 is 33.7 Å². The van der Waals surface area contributed by atoms with Crippen LogP contribution >= 0.6 is 15.9 Å². The maximum atomic E-state index is 12.2. The van der Waals surface area contributed by atoms with E-state index >= 15 is 0 Å². The molecule has 1 amide bonds. The monoisotopic (exact) mass is 359 g/mol. The highest BCUT2D eigenvalue weighted by molar-refractivity contribution is 9.10. The van der Waals surface area contributed by atoms with Crippen LogP contribution in [0, 0.1) is 0 Å². The zero-order valence-electron chi connectivity index (χ0n) is 11.7. The van der Waals surface area contributed by atoms with Gasteiger partial charge in [-0.25, -0.2) is 0 Å². The number of halogens is 1. The fraction of sp³-hybridized carbons (Fsp3) is 0.0588. The fourth-order valence-electron chi connectivity index (χ4n) is 1.77. The first kappa shape index (κ1) is 16.0. The molecule has 0 spiro atoms. The number of carbonyl (C=O) groups is 2. The Bertz CT molecular complexity index is 725. The molecule has 0 aliphatic heterocycles. The van der Waals surface area contributed by atoms with Crippen molar-refractivity contribution in [2.75, 3.05) is 6.61 Å². The largest absolute Gasteiger partial charge is 0.484 e. The van der Waals surface area contributed by atoms with Crippen LogP contribution in [0.2, 0.25) is 0 Å². The zero-order chi connectivity index (χ0) is 15.9. The second-order valence-corrected chi connectivity index (χ2v) is 5.36. The molecule has 0 atom stereocenters. The van der Waals surface area contributed by atoms with Crippen molar-refractivity contribution in [3.05, 3.63) is 70.2 Å². The highest BCUT2D eigenvalue weighted by Gasteiger charge is 2.05. The van der Waals surface area contributed by atoms with Gasteiger partial charge in [0.2, 0.25) is 0 Å². The van der Waals surface area contributed by atoms with Crippen molar-refractivity contribution < 1.29 is 14.3 Å². The number of ketones is 1. The minimum Gasteiger partial charge on any atom is -0.484 e. The van der Waals surface area contributed by atoms with E-state index in [1.54, 1.807) is 30.3 Å². The highest BCUT2D eigenvalue weighted by atomic mass is 79.9. The second kappa shape index (κ2) is 7.56. The number of amides is 1. The second-order valence-electron chi connectivity index (χ2n) is 4.50. The first-order valence-electron chi connectivity index (χ1n) is 6.54. The summed E-state index contributed by atoms with van der Waals surface area (Å²) in [5.74, 6) is -0.287. The van der Waals surface area contributed by atoms with Gasteiger partial charge in [0.1, 0.15) is 5.75 Å². The number of benzene rings is 2. The van der Waals surface area contributed by atoms with Gasteiger partial charge in [0.05, 0.1) is 0 Å². The summed E-state index contributed by atoms with van der Waals surface area (Å²) in [5, 5.41) is 0. The van der Waals surface area contributed by atoms with Gasteiger partial charge in [-0.3, -0.25) is 9.59 Å². The third kappa shape index (κ3) is 4.56. The minimum absolute atomic E-state index is 0.153. The van der Waals surface area contributed by atoms with Gasteiger partial charge < -0.3 is 10.5 Å². The Hall–Kier alpha value is -2.40. The molecule has 112 valence electrons. The maximum Gasteiger partial charge on any atom is 0.255 e. The Balaban J connectivity index is 2.11. The van der Waals surface area contributed by atoms with E-state index in [0.717, 1.165) is 10.0 Å². The molecule has 0 saturated heterocycles. The molecule has 2 N–H and O–H groups in total. The molecular formula is C17H14BrNO3. The van der Waals surface area contributed by atoms with E-state index in [9.17, 15) is 9.59 Å². The molecule has 0 aromatic heterocycles. The van der Waals surface area contributed by atoms with Crippen molar-refractivity contribution in [1.82, 2.24) is 0 Å². The van der Waals surface area contributed by atoms with Crippen LogP contribution in [0.4, 0.5) is 0 Å². The quantitative estimate of drug-likeness (QED) is 0.635. The summed E-state index contributed by atoms with van der Waals surface area (Å²) in [6, 6.07) is 14.2. The summed E-state index contributed by atoms with van der Waals surface area (Å²) in [4.78, 5) is 22.9. The van der Waals surface area contributed by atoms with Crippen LogP contribution in [0.3, 0.4) is 0 Å². The van der Waals surface area contributed by atoms with Crippen LogP contribution in [-0.4, -0.2) is 18.3 Å². The van der Waals surface area contributed by atoms with E-state index in [2.05, 4.69) is 15.9 Å². The Labute approximate surface area is 136 Å². The summed E-state index contributed by atoms with van der Waals surface area (Å²) in [6.45, 7) is -0.218. The van der Waals surface area contributed by atoms with E-state index in [1.165, 1.54) is 6.08 Å². The van der Waals surface area contributed by atoms with Crippen LogP contribution in [0.15, 0.2) is 59.1 Å². The molecule has 4 nitrogen and oxygen atoms in total. The van der Waals surface area contributed by atoms with Crippen molar-refractivity contribution in [3.63, 3.8) is 0 Å². The van der Waals surface area contributed by atoms with Crippen molar-refractivity contribution in [2.24, 2.45) is 5.73 Å². The molecule has 0 bridgehead atoms. The third-order valence-corrected chi connectivity index (χ3v) is 3.54. The number of hydrogen-bond donors (Lipinski definition) is 1. The van der Waals surface area contributed by atoms with Gasteiger partial charge >= 0.3 is 0 Å². The first-order chi connectivity index (χ1) is 10.6. The molecule has 2 rings (SSSR count). The van der Waals surface area contributed by atoms with Gasteiger partial charge in [-0.1, -0.05) is 46.3 Å². The lowest BCUT2D eigenvalue weighted by atomic mass is 10.1. The molecule has 0 aliphatic rings. The molecule has 2 aromatic carbocycles. The first-order valence-corrected chi connectivity index (χ1v) is 7.33. The van der Waals surface area contributed by atoms with Gasteiger partial charge in [-0.15, -0.1) is 0 Å². The predicted octanol–water partition coefficient (Wildman–Crippen LogP) is 3.21. The average Bonchev–Trinajstić information content (AvgIpc) is 2.52. The molecule has 0 heterocycles. The smallest absolute Gasteiger partial charge is 0.255 e. The lowest BCUT2D eigenvalue weighted by Gasteiger charge is -2.04. The van der Waals surface area contributed by atoms with Gasteiger partial charge in [-0.2, -0.15) is 0 Å². The molecule has 0 fully saturated rings. The fourth-order valence-corrected chi connectivity index (χ4v) is 2.18. The highest BCUT2D eigenvalue weighted by Crippen LogP contribution is 2.18. The predicted molar refractivity (Wildman–Crippen MR) is 88.6 cm³/mol. The molecule has 0 aliphatic carbocycles. The molecule has 5 heteroatoms. The summed E-state index contributed by atoms with van der Waals surface area (Å²) in [7, 11) is 0. The van der Waals surface area contributed by atoms with E-state index in [-0.39, 0.29) is 12.4 Å². The number of carbonyl (C=O) groups excluding carboxylic acids is 2. The Morgan fingerprint density at radius 2 is 1.91 bits per heavy atom. The molecule has 0 saturated carbocycles. The summed E-state index contributed by atoms with van der Waals surface area (Å²) in [5.41, 5.74) is 6.41. The lowest BCUT2D eigenvalue weighted by Crippen LogP contribution is -2.20. The van der Waals surface area contributed by atoms with Gasteiger partial charge in [-0.05, 0) is 35.9 Å². The van der Waals surface area contributed by atoms with Gasteiger partial charge in [0.25, 0.3) is 5.91 Å². The number of allylic oxidation sites excluding steroid dienone is 1. The Morgan fingerprint density at radius 3 is 2.64 bits per heavy atom. The minimum atomic E-state index is -0.564. The zero-order valence-corrected chi connectivity index (χ0v) is 13.2. The van der Waals surface area contributed by atoms with Crippen LogP contribution in [0.25, 0.3) is 6.08 Å². The molecule has 0 radical (unpaired) electrons. The van der Waals surface area contributed by atoms with Crippen molar-refractivity contribution in [3.8, 4) is 5.75 Å². The van der Waals surface area contributed by atoms with Crippen LogP contribution < -0.4 is 10.5 Å². The number of primary amides is 1. The summed E-state index contributed by atoms with van der Waals surface area (Å²) in [6.07, 6.45) is 3.23. The van der Waals surface area contributed by atoms with Crippen LogP contribution in [0.1, 0.15) is 15.9 Å². The number of rotatable bonds is 6. The summed E-state index contributed by atoms with van der Waals surface area (Å²) < 4.78 is 6.10. The van der Waals surface area contributed by atoms with E-state index < -0.39 is 5.91 Å². The number of nitrogens with two attached hydrogens (primary N) is 1. The van der Waals surface area contributed by atoms with E-state index in [1.807, 2.05) is 24.3 Å². The number of ether oxygens (including phenoxy) is 1. The molecule has 22 heavy (non-hydrogen) atoms. The van der Waals surface area contributed by atoms with E-state index in [4.69, 9.17) is 10.5 Å². The standard InChI is InChI=1S/C17H14BrNO3/c18-15-7-2-1-4-12(15)8-9-16(20)13-5-3-6-14(10-13)22-11-17(19)21/h1-10H,11H2,(H2,19,21)/b9-8+. The van der Waals surface area contributed by atoms with E-state index in [0.29, 0.717) is 11.3 Å². The Morgan fingerprint density at radius 1 is 1.14 bits per heavy atom. The Kier molecular flexibility index (Phi) is 5.49. The topological polar surface area (TPSA) is 69.4 Å². The lowest BCUT2D eigenvalue weighted by molar-refractivity contribution is -0.119. The SMILES string of the molecule is NC(=O)COc1cccc(C(=O)/C=C/c2ccccc2Br)c1.